The topological polar surface area (TPSA) is 54.2 Å². The Morgan fingerprint density at radius 1 is 1.29 bits per heavy atom. The van der Waals surface area contributed by atoms with E-state index in [2.05, 4.69) is 53.4 Å². The quantitative estimate of drug-likeness (QED) is 0.935. The molecule has 1 fully saturated rings. The Bertz CT molecular complexity index is 593. The molecule has 1 aliphatic heterocycles. The molecule has 1 aromatic carbocycles. The molecular formula is C16H22N4O. The molecule has 5 heteroatoms. The molecule has 1 atom stereocenters. The highest BCUT2D eigenvalue weighted by Crippen LogP contribution is 2.31. The van der Waals surface area contributed by atoms with Gasteiger partial charge in [0.1, 0.15) is 0 Å². The van der Waals surface area contributed by atoms with E-state index in [1.165, 1.54) is 5.56 Å². The second-order valence-electron chi connectivity index (χ2n) is 6.15. The zero-order valence-electron chi connectivity index (χ0n) is 12.8. The third-order valence-electron chi connectivity index (χ3n) is 4.28. The molecule has 0 aliphatic carbocycles. The van der Waals surface area contributed by atoms with Gasteiger partial charge >= 0.3 is 0 Å². The molecule has 0 spiro atoms. The normalized spacial score (nSPS) is 20.6. The van der Waals surface area contributed by atoms with Gasteiger partial charge in [-0.1, -0.05) is 35.5 Å². The average molecular weight is 286 g/mol. The lowest BCUT2D eigenvalue weighted by Gasteiger charge is -2.30. The summed E-state index contributed by atoms with van der Waals surface area (Å²) >= 11 is 0. The molecule has 112 valence electrons. The molecule has 0 amide bonds. The van der Waals surface area contributed by atoms with Crippen LogP contribution in [-0.4, -0.2) is 41.7 Å². The van der Waals surface area contributed by atoms with E-state index in [1.807, 2.05) is 18.2 Å². The molecule has 21 heavy (non-hydrogen) atoms. The van der Waals surface area contributed by atoms with E-state index in [1.54, 1.807) is 0 Å². The van der Waals surface area contributed by atoms with E-state index in [0.717, 1.165) is 25.5 Å². The van der Waals surface area contributed by atoms with E-state index in [4.69, 9.17) is 4.52 Å². The number of hydrogen-bond donors (Lipinski definition) is 1. The molecule has 1 saturated heterocycles. The predicted molar refractivity (Wildman–Crippen MR) is 81.1 cm³/mol. The highest BCUT2D eigenvalue weighted by molar-refractivity contribution is 5.29. The smallest absolute Gasteiger partial charge is 0.236 e. The van der Waals surface area contributed by atoms with Crippen molar-refractivity contribution in [1.82, 2.24) is 20.4 Å². The van der Waals surface area contributed by atoms with Gasteiger partial charge in [0.15, 0.2) is 5.82 Å². The number of piperazine rings is 1. The van der Waals surface area contributed by atoms with Gasteiger partial charge in [-0.25, -0.2) is 0 Å². The highest BCUT2D eigenvalue weighted by atomic mass is 16.5. The van der Waals surface area contributed by atoms with Crippen molar-refractivity contribution in [3.63, 3.8) is 0 Å². The molecule has 1 aliphatic rings. The summed E-state index contributed by atoms with van der Waals surface area (Å²) in [5.74, 6) is 1.44. The minimum absolute atomic E-state index is 0.183. The third-order valence-corrected chi connectivity index (χ3v) is 4.28. The standard InChI is InChI=1S/C16H22N4O/c1-16(2,12-7-5-4-6-8-12)15-18-14(19-21-15)13-11-17-9-10-20(13)3/h4-8,13,17H,9-11H2,1-3H3. The van der Waals surface area contributed by atoms with Crippen LogP contribution in [0.15, 0.2) is 34.9 Å². The van der Waals surface area contributed by atoms with Crippen molar-refractivity contribution < 1.29 is 4.52 Å². The number of nitrogens with zero attached hydrogens (tertiary/aromatic N) is 3. The van der Waals surface area contributed by atoms with Crippen LogP contribution in [0.1, 0.15) is 37.2 Å². The van der Waals surface area contributed by atoms with Gasteiger partial charge in [0.2, 0.25) is 5.89 Å². The summed E-state index contributed by atoms with van der Waals surface area (Å²) in [6.45, 7) is 7.09. The second kappa shape index (κ2) is 5.58. The SMILES string of the molecule is CN1CCNCC1c1noc(C(C)(C)c2ccccc2)n1. The van der Waals surface area contributed by atoms with Crippen molar-refractivity contribution in [3.05, 3.63) is 47.6 Å². The van der Waals surface area contributed by atoms with Gasteiger partial charge in [-0.15, -0.1) is 0 Å². The van der Waals surface area contributed by atoms with Gasteiger partial charge < -0.3 is 9.84 Å². The highest BCUT2D eigenvalue weighted by Gasteiger charge is 2.32. The molecule has 1 N–H and O–H groups in total. The maximum Gasteiger partial charge on any atom is 0.236 e. The zero-order valence-corrected chi connectivity index (χ0v) is 12.8. The maximum atomic E-state index is 5.57. The van der Waals surface area contributed by atoms with Crippen molar-refractivity contribution in [1.29, 1.82) is 0 Å². The summed E-state index contributed by atoms with van der Waals surface area (Å²) in [5, 5.41) is 7.59. The van der Waals surface area contributed by atoms with E-state index < -0.39 is 0 Å². The number of hydrogen-bond acceptors (Lipinski definition) is 5. The van der Waals surface area contributed by atoms with Crippen LogP contribution < -0.4 is 5.32 Å². The lowest BCUT2D eigenvalue weighted by atomic mass is 9.84. The largest absolute Gasteiger partial charge is 0.338 e. The summed E-state index contributed by atoms with van der Waals surface area (Å²) < 4.78 is 5.57. The monoisotopic (exact) mass is 286 g/mol. The Hall–Kier alpha value is -1.72. The van der Waals surface area contributed by atoms with Crippen LogP contribution in [0.4, 0.5) is 0 Å². The van der Waals surface area contributed by atoms with Crippen molar-refractivity contribution in [2.24, 2.45) is 0 Å². The molecule has 3 rings (SSSR count). The molecule has 2 heterocycles. The number of likely N-dealkylation sites (N-methyl/N-ethyl adjacent to an activating group) is 1. The summed E-state index contributed by atoms with van der Waals surface area (Å²) in [5.41, 5.74) is 0.892. The fourth-order valence-electron chi connectivity index (χ4n) is 2.70. The zero-order chi connectivity index (χ0) is 14.9. The molecule has 0 bridgehead atoms. The van der Waals surface area contributed by atoms with Gasteiger partial charge in [0.25, 0.3) is 0 Å². The maximum absolute atomic E-state index is 5.57. The molecule has 0 radical (unpaired) electrons. The van der Waals surface area contributed by atoms with Gasteiger partial charge in [-0.05, 0) is 26.5 Å². The Morgan fingerprint density at radius 2 is 2.05 bits per heavy atom. The van der Waals surface area contributed by atoms with Crippen LogP contribution in [0.2, 0.25) is 0 Å². The van der Waals surface area contributed by atoms with E-state index >= 15 is 0 Å². The summed E-state index contributed by atoms with van der Waals surface area (Å²) in [6.07, 6.45) is 0. The lowest BCUT2D eigenvalue weighted by Crippen LogP contribution is -2.44. The Labute approximate surface area is 125 Å². The number of benzene rings is 1. The molecule has 2 aromatic rings. The second-order valence-corrected chi connectivity index (χ2v) is 6.15. The molecular weight excluding hydrogens is 264 g/mol. The van der Waals surface area contributed by atoms with E-state index in [-0.39, 0.29) is 11.5 Å². The molecule has 1 aromatic heterocycles. The molecule has 1 unspecified atom stereocenters. The summed E-state index contributed by atoms with van der Waals surface area (Å²) in [4.78, 5) is 6.94. The van der Waals surface area contributed by atoms with Crippen LogP contribution in [0.25, 0.3) is 0 Å². The van der Waals surface area contributed by atoms with E-state index in [0.29, 0.717) is 5.89 Å². The number of aromatic nitrogens is 2. The van der Waals surface area contributed by atoms with Gasteiger partial charge in [0.05, 0.1) is 11.5 Å². The first kappa shape index (κ1) is 14.2. The average Bonchev–Trinajstić information content (AvgIpc) is 2.99. The Balaban J connectivity index is 1.87. The van der Waals surface area contributed by atoms with Crippen LogP contribution in [0.5, 0.6) is 0 Å². The summed E-state index contributed by atoms with van der Waals surface area (Å²) in [6, 6.07) is 10.5. The van der Waals surface area contributed by atoms with Crippen molar-refractivity contribution >= 4 is 0 Å². The van der Waals surface area contributed by atoms with Gasteiger partial charge in [-0.2, -0.15) is 4.98 Å². The minimum atomic E-state index is -0.285. The Kier molecular flexibility index (Phi) is 3.78. The first-order valence-electron chi connectivity index (χ1n) is 7.39. The van der Waals surface area contributed by atoms with E-state index in [9.17, 15) is 0 Å². The first-order chi connectivity index (χ1) is 10.1. The number of nitrogens with one attached hydrogen (secondary N) is 1. The van der Waals surface area contributed by atoms with Crippen molar-refractivity contribution in [3.8, 4) is 0 Å². The minimum Gasteiger partial charge on any atom is -0.338 e. The van der Waals surface area contributed by atoms with Crippen molar-refractivity contribution in [2.45, 2.75) is 25.3 Å². The fraction of sp³-hybridized carbons (Fsp3) is 0.500. The number of rotatable bonds is 3. The Morgan fingerprint density at radius 3 is 2.76 bits per heavy atom. The first-order valence-corrected chi connectivity index (χ1v) is 7.39. The van der Waals surface area contributed by atoms with Crippen LogP contribution in [-0.2, 0) is 5.41 Å². The van der Waals surface area contributed by atoms with Crippen LogP contribution in [0, 0.1) is 0 Å². The van der Waals surface area contributed by atoms with Gasteiger partial charge in [-0.3, -0.25) is 4.90 Å². The fourth-order valence-corrected chi connectivity index (χ4v) is 2.70. The summed E-state index contributed by atoms with van der Waals surface area (Å²) in [7, 11) is 2.10. The van der Waals surface area contributed by atoms with Crippen molar-refractivity contribution in [2.75, 3.05) is 26.7 Å². The van der Waals surface area contributed by atoms with Crippen LogP contribution in [0.3, 0.4) is 0 Å². The third kappa shape index (κ3) is 2.71. The predicted octanol–water partition coefficient (Wildman–Crippen LogP) is 1.97. The molecule has 5 nitrogen and oxygen atoms in total. The molecule has 0 saturated carbocycles. The lowest BCUT2D eigenvalue weighted by molar-refractivity contribution is 0.190. The van der Waals surface area contributed by atoms with Crippen LogP contribution >= 0.6 is 0 Å². The van der Waals surface area contributed by atoms with Gasteiger partial charge in [0, 0.05) is 19.6 Å².